The summed E-state index contributed by atoms with van der Waals surface area (Å²) in [4.78, 5) is 24.2. The highest BCUT2D eigenvalue weighted by Crippen LogP contribution is 2.16. The Hall–Kier alpha value is -2.14. The molecule has 1 atom stereocenters. The molecule has 0 saturated carbocycles. The number of nitrogens with one attached hydrogen (secondary N) is 1. The van der Waals surface area contributed by atoms with E-state index in [4.69, 9.17) is 11.6 Å². The Balaban J connectivity index is 2.24. The molecule has 21 heavy (non-hydrogen) atoms. The molecule has 1 N–H and O–H groups in total. The molecule has 0 fully saturated rings. The van der Waals surface area contributed by atoms with Gasteiger partial charge in [0, 0.05) is 16.8 Å². The zero-order valence-electron chi connectivity index (χ0n) is 11.8. The number of amides is 1. The Morgan fingerprint density at radius 2 is 1.95 bits per heavy atom. The molecule has 110 valence electrons. The molecule has 0 aliphatic rings. The topological polar surface area (TPSA) is 64.0 Å². The molecule has 2 aromatic rings. The zero-order valence-corrected chi connectivity index (χ0v) is 12.6. The van der Waals surface area contributed by atoms with Crippen LogP contribution in [0, 0.1) is 6.92 Å². The van der Waals surface area contributed by atoms with Crippen LogP contribution in [0.4, 0.5) is 5.69 Å². The Bertz CT molecular complexity index is 695. The second-order valence-corrected chi connectivity index (χ2v) is 5.11. The molecule has 1 aromatic carbocycles. The number of aryl methyl sites for hydroxylation is 1. The maximum absolute atomic E-state index is 12.3. The number of rotatable bonds is 4. The molecule has 0 spiro atoms. The van der Waals surface area contributed by atoms with Gasteiger partial charge in [0.2, 0.25) is 5.91 Å². The molecule has 1 aromatic heterocycles. The van der Waals surface area contributed by atoms with Crippen LogP contribution in [0.5, 0.6) is 0 Å². The fourth-order valence-electron chi connectivity index (χ4n) is 1.97. The molecule has 0 aliphatic heterocycles. The van der Waals surface area contributed by atoms with E-state index in [-0.39, 0.29) is 11.5 Å². The monoisotopic (exact) mass is 305 g/mol. The Labute approximate surface area is 127 Å². The van der Waals surface area contributed by atoms with Gasteiger partial charge in [0.25, 0.3) is 5.56 Å². The van der Waals surface area contributed by atoms with Crippen LogP contribution in [-0.2, 0) is 4.79 Å². The van der Waals surface area contributed by atoms with Crippen LogP contribution in [0.25, 0.3) is 0 Å². The van der Waals surface area contributed by atoms with Gasteiger partial charge >= 0.3 is 0 Å². The Kier molecular flexibility index (Phi) is 4.75. The lowest BCUT2D eigenvalue weighted by Gasteiger charge is -2.17. The number of nitrogens with zero attached hydrogens (tertiary/aromatic N) is 2. The quantitative estimate of drug-likeness (QED) is 0.944. The molecule has 0 bridgehead atoms. The third-order valence-corrected chi connectivity index (χ3v) is 3.31. The Morgan fingerprint density at radius 1 is 1.29 bits per heavy atom. The lowest BCUT2D eigenvalue weighted by atomic mass is 10.2. The maximum atomic E-state index is 12.3. The highest BCUT2D eigenvalue weighted by atomic mass is 35.5. The highest BCUT2D eigenvalue weighted by molar-refractivity contribution is 6.30. The van der Waals surface area contributed by atoms with Gasteiger partial charge in [-0.05, 0) is 43.7 Å². The number of halogens is 1. The third kappa shape index (κ3) is 3.70. The third-order valence-electron chi connectivity index (χ3n) is 3.05. The van der Waals surface area contributed by atoms with Crippen molar-refractivity contribution in [1.82, 2.24) is 9.78 Å². The maximum Gasteiger partial charge on any atom is 0.267 e. The van der Waals surface area contributed by atoms with Gasteiger partial charge < -0.3 is 5.32 Å². The summed E-state index contributed by atoms with van der Waals surface area (Å²) in [5.41, 5.74) is 1.02. The number of benzene rings is 1. The minimum atomic E-state index is -0.645. The molecule has 0 aliphatic carbocycles. The predicted octanol–water partition coefficient (Wildman–Crippen LogP) is 2.79. The average Bonchev–Trinajstić information content (AvgIpc) is 2.46. The first-order chi connectivity index (χ1) is 10.0. The van der Waals surface area contributed by atoms with Crippen LogP contribution in [0.3, 0.4) is 0 Å². The van der Waals surface area contributed by atoms with Crippen molar-refractivity contribution in [3.63, 3.8) is 0 Å². The van der Waals surface area contributed by atoms with Gasteiger partial charge in [0.1, 0.15) is 6.04 Å². The summed E-state index contributed by atoms with van der Waals surface area (Å²) in [7, 11) is 0. The molecule has 0 saturated heterocycles. The van der Waals surface area contributed by atoms with E-state index in [9.17, 15) is 9.59 Å². The van der Waals surface area contributed by atoms with Crippen molar-refractivity contribution in [3.8, 4) is 0 Å². The molecule has 0 radical (unpaired) electrons. The fourth-order valence-corrected chi connectivity index (χ4v) is 2.10. The van der Waals surface area contributed by atoms with Crippen LogP contribution < -0.4 is 10.9 Å². The summed E-state index contributed by atoms with van der Waals surface area (Å²) < 4.78 is 1.22. The lowest BCUT2D eigenvalue weighted by Crippen LogP contribution is -2.34. The normalized spacial score (nSPS) is 12.0. The van der Waals surface area contributed by atoms with Gasteiger partial charge in [0.15, 0.2) is 0 Å². The largest absolute Gasteiger partial charge is 0.324 e. The fraction of sp³-hybridized carbons (Fsp3) is 0.267. The smallest absolute Gasteiger partial charge is 0.267 e. The van der Waals surface area contributed by atoms with E-state index >= 15 is 0 Å². The van der Waals surface area contributed by atoms with Crippen LogP contribution in [0.15, 0.2) is 41.2 Å². The second-order valence-electron chi connectivity index (χ2n) is 4.68. The lowest BCUT2D eigenvalue weighted by molar-refractivity contribution is -0.119. The van der Waals surface area contributed by atoms with E-state index in [1.165, 1.54) is 10.7 Å². The highest BCUT2D eigenvalue weighted by Gasteiger charge is 2.20. The van der Waals surface area contributed by atoms with Crippen LogP contribution in [0.2, 0.25) is 5.02 Å². The first-order valence-electron chi connectivity index (χ1n) is 6.64. The zero-order chi connectivity index (χ0) is 15.4. The van der Waals surface area contributed by atoms with Gasteiger partial charge in [-0.3, -0.25) is 9.59 Å². The average molecular weight is 306 g/mol. The van der Waals surface area contributed by atoms with E-state index in [0.29, 0.717) is 22.8 Å². The van der Waals surface area contributed by atoms with Crippen molar-refractivity contribution < 1.29 is 4.79 Å². The van der Waals surface area contributed by atoms with Gasteiger partial charge in [-0.15, -0.1) is 0 Å². The van der Waals surface area contributed by atoms with Crippen molar-refractivity contribution in [2.75, 3.05) is 5.32 Å². The van der Waals surface area contributed by atoms with E-state index in [1.807, 2.05) is 6.92 Å². The first kappa shape index (κ1) is 15.3. The molecule has 5 nitrogen and oxygen atoms in total. The summed E-state index contributed by atoms with van der Waals surface area (Å²) in [5.74, 6) is -0.278. The van der Waals surface area contributed by atoms with Crippen LogP contribution >= 0.6 is 11.6 Å². The molecule has 1 amide bonds. The Morgan fingerprint density at radius 3 is 2.57 bits per heavy atom. The van der Waals surface area contributed by atoms with Crippen molar-refractivity contribution in [2.24, 2.45) is 0 Å². The van der Waals surface area contributed by atoms with Crippen molar-refractivity contribution in [3.05, 3.63) is 57.5 Å². The van der Waals surface area contributed by atoms with Crippen LogP contribution in [0.1, 0.15) is 25.1 Å². The van der Waals surface area contributed by atoms with Gasteiger partial charge in [-0.25, -0.2) is 4.68 Å². The number of aromatic nitrogens is 2. The molecule has 1 heterocycles. The summed E-state index contributed by atoms with van der Waals surface area (Å²) in [6.07, 6.45) is 0.468. The van der Waals surface area contributed by atoms with E-state index < -0.39 is 6.04 Å². The first-order valence-corrected chi connectivity index (χ1v) is 7.02. The number of anilines is 1. The molecular weight excluding hydrogens is 290 g/mol. The van der Waals surface area contributed by atoms with Crippen LogP contribution in [-0.4, -0.2) is 15.7 Å². The van der Waals surface area contributed by atoms with Crippen molar-refractivity contribution in [1.29, 1.82) is 0 Å². The molecule has 2 rings (SSSR count). The van der Waals surface area contributed by atoms with E-state index in [0.717, 1.165) is 0 Å². The standard InChI is InChI=1S/C15H16ClN3O2/c1-3-13(19-14(20)9-4-10(2)18-19)15(21)17-12-7-5-11(16)6-8-12/h4-9,13H,3H2,1-2H3,(H,17,21)/t13-/m0/s1. The van der Waals surface area contributed by atoms with Gasteiger partial charge in [0.05, 0.1) is 5.69 Å². The minimum absolute atomic E-state index is 0.278. The second kappa shape index (κ2) is 6.54. The molecule has 6 heteroatoms. The minimum Gasteiger partial charge on any atom is -0.324 e. The molecular formula is C15H16ClN3O2. The number of hydrogen-bond acceptors (Lipinski definition) is 3. The summed E-state index contributed by atoms with van der Waals surface area (Å²) >= 11 is 5.80. The van der Waals surface area contributed by atoms with Crippen molar-refractivity contribution >= 4 is 23.2 Å². The predicted molar refractivity (Wildman–Crippen MR) is 82.6 cm³/mol. The van der Waals surface area contributed by atoms with Crippen molar-refractivity contribution in [2.45, 2.75) is 26.3 Å². The number of carbonyl (C=O) groups excluding carboxylic acids is 1. The van der Waals surface area contributed by atoms with E-state index in [1.54, 1.807) is 37.3 Å². The summed E-state index contributed by atoms with van der Waals surface area (Å²) in [5, 5.41) is 7.51. The SMILES string of the molecule is CC[C@@H](C(=O)Nc1ccc(Cl)cc1)n1nc(C)ccc1=O. The summed E-state index contributed by atoms with van der Waals surface area (Å²) in [6.45, 7) is 3.61. The van der Waals surface area contributed by atoms with Gasteiger partial charge in [-0.1, -0.05) is 18.5 Å². The number of hydrogen-bond donors (Lipinski definition) is 1. The molecule has 0 unspecified atom stereocenters. The van der Waals surface area contributed by atoms with E-state index in [2.05, 4.69) is 10.4 Å². The van der Waals surface area contributed by atoms with Gasteiger partial charge in [-0.2, -0.15) is 5.10 Å². The number of carbonyl (C=O) groups is 1. The summed E-state index contributed by atoms with van der Waals surface area (Å²) in [6, 6.07) is 9.19.